The van der Waals surface area contributed by atoms with Crippen molar-refractivity contribution in [2.24, 2.45) is 0 Å². The number of hydrogen-bond acceptors (Lipinski definition) is 15. The van der Waals surface area contributed by atoms with Gasteiger partial charge < -0.3 is 33.8 Å². The van der Waals surface area contributed by atoms with Crippen LogP contribution in [-0.2, 0) is 65.4 Å². The molecule has 106 heavy (non-hydrogen) atoms. The zero-order valence-electron chi connectivity index (χ0n) is 65.5. The number of hydrogen-bond donors (Lipinski definition) is 3. The first kappa shape index (κ1) is 100. The van der Waals surface area contributed by atoms with Crippen molar-refractivity contribution in [1.29, 1.82) is 0 Å². The molecule has 0 aliphatic heterocycles. The Morgan fingerprint density at radius 3 is 0.830 bits per heavy atom. The van der Waals surface area contributed by atoms with E-state index in [0.717, 1.165) is 154 Å². The first-order chi connectivity index (χ1) is 51.7. The third-order valence-corrected chi connectivity index (χ3v) is 17.7. The van der Waals surface area contributed by atoms with E-state index in [9.17, 15) is 43.2 Å². The molecular formula is C87H140O17P2. The normalized spacial score (nSPS) is 14.8. The smallest absolute Gasteiger partial charge is 0.462 e. The second-order valence-electron chi connectivity index (χ2n) is 25.9. The molecule has 0 rings (SSSR count). The van der Waals surface area contributed by atoms with E-state index >= 15 is 0 Å². The van der Waals surface area contributed by atoms with E-state index in [0.29, 0.717) is 38.5 Å². The fourth-order valence-corrected chi connectivity index (χ4v) is 11.4. The second kappa shape index (κ2) is 77.3. The molecule has 0 aliphatic carbocycles. The van der Waals surface area contributed by atoms with Gasteiger partial charge in [-0.15, -0.1) is 0 Å². The highest BCUT2D eigenvalue weighted by molar-refractivity contribution is 7.47. The largest absolute Gasteiger partial charge is 0.472 e. The lowest BCUT2D eigenvalue weighted by Gasteiger charge is -2.21. The van der Waals surface area contributed by atoms with E-state index in [2.05, 4.69) is 198 Å². The minimum absolute atomic E-state index is 0.0227. The average Bonchev–Trinajstić information content (AvgIpc) is 0.909. The molecule has 0 amide bonds. The number of allylic oxidation sites excluding steroid dienone is 30. The van der Waals surface area contributed by atoms with Gasteiger partial charge >= 0.3 is 39.5 Å². The molecule has 0 aliphatic rings. The van der Waals surface area contributed by atoms with Crippen LogP contribution in [-0.4, -0.2) is 96.7 Å². The Balaban J connectivity index is 5.50. The summed E-state index contributed by atoms with van der Waals surface area (Å²) in [5, 5.41) is 10.6. The van der Waals surface area contributed by atoms with Gasteiger partial charge in [-0.05, 0) is 173 Å². The summed E-state index contributed by atoms with van der Waals surface area (Å²) >= 11 is 0. The summed E-state index contributed by atoms with van der Waals surface area (Å²) < 4.78 is 68.5. The van der Waals surface area contributed by atoms with Crippen molar-refractivity contribution in [3.63, 3.8) is 0 Å². The van der Waals surface area contributed by atoms with Crippen LogP contribution in [0.5, 0.6) is 0 Å². The van der Waals surface area contributed by atoms with Gasteiger partial charge in [-0.2, -0.15) is 0 Å². The lowest BCUT2D eigenvalue weighted by Crippen LogP contribution is -2.30. The highest BCUT2D eigenvalue weighted by Gasteiger charge is 2.30. The molecule has 600 valence electrons. The van der Waals surface area contributed by atoms with Gasteiger partial charge in [-0.1, -0.05) is 268 Å². The van der Waals surface area contributed by atoms with E-state index in [4.69, 9.17) is 37.0 Å². The van der Waals surface area contributed by atoms with Gasteiger partial charge in [0.15, 0.2) is 12.2 Å². The molecule has 0 bridgehead atoms. The molecule has 19 heteroatoms. The van der Waals surface area contributed by atoms with Gasteiger partial charge in [0.25, 0.3) is 0 Å². The van der Waals surface area contributed by atoms with Crippen molar-refractivity contribution in [3.8, 4) is 0 Å². The predicted molar refractivity (Wildman–Crippen MR) is 436 cm³/mol. The fourth-order valence-electron chi connectivity index (χ4n) is 9.85. The summed E-state index contributed by atoms with van der Waals surface area (Å²) in [4.78, 5) is 73.0. The SMILES string of the molecule is CC/C=C\C/C=C\C/C=C\C/C=C\C/C=C\CCCCCC(=O)OCC(COP(=O)(O)OCC(O)COP(=O)(O)OCC(COC(=O)CCC/C=C\C/C=C\C/C=C\C/C=C\C/C=C\CC)OC(=O)CCCC/C=C\C/C=C\C/C=C\C/C=C\CC)OC(=O)CCCCCCC/C=C\CCCCCCCC. The molecule has 3 N–H and O–H groups in total. The van der Waals surface area contributed by atoms with E-state index < -0.39 is 97.5 Å². The Labute approximate surface area is 641 Å². The molecule has 0 saturated carbocycles. The number of unbranched alkanes of at least 4 members (excludes halogenated alkanes) is 17. The third-order valence-electron chi connectivity index (χ3n) is 15.8. The van der Waals surface area contributed by atoms with E-state index in [1.54, 1.807) is 0 Å². The first-order valence-electron chi connectivity index (χ1n) is 40.0. The van der Waals surface area contributed by atoms with Crippen LogP contribution in [0.3, 0.4) is 0 Å². The third kappa shape index (κ3) is 76.4. The molecule has 0 aromatic rings. The fraction of sp³-hybridized carbons (Fsp3) is 0.609. The Morgan fingerprint density at radius 1 is 0.274 bits per heavy atom. The van der Waals surface area contributed by atoms with Crippen molar-refractivity contribution in [3.05, 3.63) is 182 Å². The Hall–Kier alpha value is -5.84. The molecule has 0 heterocycles. The lowest BCUT2D eigenvalue weighted by atomic mass is 10.1. The standard InChI is InChI=1S/C87H140O17P2/c1-5-9-13-17-21-25-29-33-37-39-40-42-46-48-52-56-60-64-68-72-85(90)98-78-83(104-87(92)74-70-66-62-58-54-50-44-36-32-28-24-20-16-12-8-4)80-102-106(95,96)100-76-81(88)75-99-105(93,94)101-79-82(103-86(91)73-69-65-61-57-53-49-43-35-31-27-23-19-15-11-7-3)77-97-84(89)71-67-63-59-55-51-47-45-41-38-34-30-26-22-18-14-10-6-2/h9-11,13-15,21-23,25-27,33-38,40,42-45,47-48,52-53,55,57,59,81-83,88H,5-8,12,16-20,24,28-32,39,41,46,49-51,54,56,58,60-80H2,1-4H3,(H,93,94)(H,95,96)/b13-9-,14-10-,15-11-,25-21-,26-22-,27-23-,37-33-,38-34-,42-40-,43-35-,44-36-,47-45-,52-48-,57-53-,59-55-. The molecule has 17 nitrogen and oxygen atoms in total. The topological polar surface area (TPSA) is 237 Å². The van der Waals surface area contributed by atoms with Crippen molar-refractivity contribution in [2.45, 2.75) is 303 Å². The van der Waals surface area contributed by atoms with Crippen LogP contribution in [0.4, 0.5) is 0 Å². The number of phosphoric acid groups is 2. The number of carbonyl (C=O) groups excluding carboxylic acids is 4. The summed E-state index contributed by atoms with van der Waals surface area (Å²) in [7, 11) is -10.0. The molecule has 5 unspecified atom stereocenters. The molecular weight excluding hydrogens is 1380 g/mol. The second-order valence-corrected chi connectivity index (χ2v) is 28.8. The van der Waals surface area contributed by atoms with E-state index in [1.807, 2.05) is 12.2 Å². The molecule has 0 aromatic carbocycles. The van der Waals surface area contributed by atoms with Crippen LogP contribution in [0.1, 0.15) is 285 Å². The van der Waals surface area contributed by atoms with Gasteiger partial charge in [0, 0.05) is 25.7 Å². The van der Waals surface area contributed by atoms with Crippen LogP contribution >= 0.6 is 15.6 Å². The van der Waals surface area contributed by atoms with E-state index in [-0.39, 0.29) is 25.7 Å². The number of phosphoric ester groups is 2. The Morgan fingerprint density at radius 2 is 0.500 bits per heavy atom. The molecule has 0 aromatic heterocycles. The van der Waals surface area contributed by atoms with Gasteiger partial charge in [0.2, 0.25) is 0 Å². The maximum Gasteiger partial charge on any atom is 0.472 e. The van der Waals surface area contributed by atoms with Crippen LogP contribution < -0.4 is 0 Å². The first-order valence-corrected chi connectivity index (χ1v) is 43.0. The maximum absolute atomic E-state index is 13.1. The van der Waals surface area contributed by atoms with Gasteiger partial charge in [0.05, 0.1) is 26.4 Å². The van der Waals surface area contributed by atoms with Gasteiger partial charge in [-0.3, -0.25) is 37.3 Å². The Kier molecular flexibility index (Phi) is 73.1. The minimum Gasteiger partial charge on any atom is -0.462 e. The molecule has 0 fully saturated rings. The van der Waals surface area contributed by atoms with Crippen LogP contribution in [0, 0.1) is 0 Å². The summed E-state index contributed by atoms with van der Waals surface area (Å²) in [6.45, 7) is 4.35. The summed E-state index contributed by atoms with van der Waals surface area (Å²) in [5.41, 5.74) is 0. The summed E-state index contributed by atoms with van der Waals surface area (Å²) in [5.74, 6) is -2.35. The van der Waals surface area contributed by atoms with Crippen molar-refractivity contribution in [2.75, 3.05) is 39.6 Å². The van der Waals surface area contributed by atoms with E-state index in [1.165, 1.54) is 38.5 Å². The van der Waals surface area contributed by atoms with Crippen molar-refractivity contribution >= 4 is 39.5 Å². The number of esters is 4. The van der Waals surface area contributed by atoms with Crippen LogP contribution in [0.15, 0.2) is 182 Å². The number of aliphatic hydroxyl groups excluding tert-OH is 1. The number of ether oxygens (including phenoxy) is 4. The lowest BCUT2D eigenvalue weighted by molar-refractivity contribution is -0.161. The number of rotatable bonds is 73. The number of carbonyl (C=O) groups is 4. The zero-order valence-corrected chi connectivity index (χ0v) is 67.3. The predicted octanol–water partition coefficient (Wildman–Crippen LogP) is 23.6. The average molecular weight is 1520 g/mol. The summed E-state index contributed by atoms with van der Waals surface area (Å²) in [6, 6.07) is 0. The monoisotopic (exact) mass is 1520 g/mol. The zero-order chi connectivity index (χ0) is 77.4. The maximum atomic E-state index is 13.1. The van der Waals surface area contributed by atoms with Gasteiger partial charge in [0.1, 0.15) is 19.3 Å². The molecule has 0 radical (unpaired) electrons. The minimum atomic E-state index is -5.01. The molecule has 0 saturated heterocycles. The Bertz CT molecular complexity index is 2730. The number of aliphatic hydroxyl groups is 1. The quantitative estimate of drug-likeness (QED) is 0.0169. The van der Waals surface area contributed by atoms with Gasteiger partial charge in [-0.25, -0.2) is 9.13 Å². The van der Waals surface area contributed by atoms with Crippen molar-refractivity contribution in [1.82, 2.24) is 0 Å². The van der Waals surface area contributed by atoms with Crippen LogP contribution in [0.2, 0.25) is 0 Å². The molecule has 0 spiro atoms. The highest BCUT2D eigenvalue weighted by Crippen LogP contribution is 2.45. The van der Waals surface area contributed by atoms with Crippen molar-refractivity contribution < 1.29 is 80.2 Å². The summed E-state index contributed by atoms with van der Waals surface area (Å²) in [6.07, 6.45) is 93.1. The molecule has 5 atom stereocenters. The van der Waals surface area contributed by atoms with Crippen LogP contribution in [0.25, 0.3) is 0 Å². The highest BCUT2D eigenvalue weighted by atomic mass is 31.2.